The first-order valence-electron chi connectivity index (χ1n) is 6.93. The van der Waals surface area contributed by atoms with Crippen molar-refractivity contribution in [3.63, 3.8) is 0 Å². The van der Waals surface area contributed by atoms with Crippen LogP contribution in [0, 0.1) is 0 Å². The lowest BCUT2D eigenvalue weighted by molar-refractivity contribution is -0.0511. The summed E-state index contributed by atoms with van der Waals surface area (Å²) in [4.78, 5) is 12.4. The van der Waals surface area contributed by atoms with E-state index in [1.807, 2.05) is 6.92 Å². The molecule has 3 heterocycles. The zero-order valence-corrected chi connectivity index (χ0v) is 11.9. The SMILES string of the molecule is CCNc1nc(N)nc2c1ncn2C1O[C@H](CO)[C@@H](O)[C@H]1O. The summed E-state index contributed by atoms with van der Waals surface area (Å²) in [5, 5.41) is 32.2. The van der Waals surface area contributed by atoms with Gasteiger partial charge in [-0.15, -0.1) is 0 Å². The third-order valence-corrected chi connectivity index (χ3v) is 3.57. The Kier molecular flexibility index (Phi) is 3.83. The first kappa shape index (κ1) is 14.9. The van der Waals surface area contributed by atoms with Crippen LogP contribution < -0.4 is 11.1 Å². The van der Waals surface area contributed by atoms with Crippen LogP contribution in [-0.2, 0) is 4.74 Å². The molecule has 2 aromatic heterocycles. The van der Waals surface area contributed by atoms with E-state index in [0.717, 1.165) is 0 Å². The Bertz CT molecular complexity index is 677. The summed E-state index contributed by atoms with van der Waals surface area (Å²) in [7, 11) is 0. The lowest BCUT2D eigenvalue weighted by Crippen LogP contribution is -2.33. The van der Waals surface area contributed by atoms with Gasteiger partial charge >= 0.3 is 0 Å². The molecule has 1 saturated heterocycles. The predicted octanol–water partition coefficient (Wildman–Crippen LogP) is -1.55. The molecule has 10 heteroatoms. The number of aromatic nitrogens is 4. The lowest BCUT2D eigenvalue weighted by atomic mass is 10.1. The molecule has 0 bridgehead atoms. The highest BCUT2D eigenvalue weighted by molar-refractivity contribution is 5.84. The van der Waals surface area contributed by atoms with Gasteiger partial charge in [0.25, 0.3) is 0 Å². The molecule has 0 aliphatic carbocycles. The minimum atomic E-state index is -1.21. The van der Waals surface area contributed by atoms with Crippen molar-refractivity contribution in [3.05, 3.63) is 6.33 Å². The van der Waals surface area contributed by atoms with Crippen molar-refractivity contribution < 1.29 is 20.1 Å². The molecule has 1 unspecified atom stereocenters. The zero-order chi connectivity index (χ0) is 15.9. The number of nitrogens with one attached hydrogen (secondary N) is 1. The monoisotopic (exact) mass is 310 g/mol. The first-order valence-corrected chi connectivity index (χ1v) is 6.93. The zero-order valence-electron chi connectivity index (χ0n) is 11.9. The molecule has 0 radical (unpaired) electrons. The number of nitrogens with zero attached hydrogens (tertiary/aromatic N) is 4. The fraction of sp³-hybridized carbons (Fsp3) is 0.583. The highest BCUT2D eigenvalue weighted by Gasteiger charge is 2.44. The fourth-order valence-corrected chi connectivity index (χ4v) is 2.52. The Morgan fingerprint density at radius 3 is 2.77 bits per heavy atom. The topological polar surface area (TPSA) is 152 Å². The number of hydrogen-bond donors (Lipinski definition) is 5. The van der Waals surface area contributed by atoms with Crippen LogP contribution in [0.1, 0.15) is 13.2 Å². The van der Waals surface area contributed by atoms with Gasteiger partial charge in [-0.3, -0.25) is 4.57 Å². The quantitative estimate of drug-likeness (QED) is 0.452. The molecule has 0 aromatic carbocycles. The summed E-state index contributed by atoms with van der Waals surface area (Å²) in [6.07, 6.45) is -2.76. The van der Waals surface area contributed by atoms with E-state index in [1.54, 1.807) is 0 Å². The molecule has 22 heavy (non-hydrogen) atoms. The number of rotatable bonds is 4. The van der Waals surface area contributed by atoms with Crippen LogP contribution in [-0.4, -0.2) is 66.3 Å². The van der Waals surface area contributed by atoms with E-state index in [1.165, 1.54) is 10.9 Å². The Morgan fingerprint density at radius 2 is 2.14 bits per heavy atom. The van der Waals surface area contributed by atoms with Gasteiger partial charge in [-0.05, 0) is 6.92 Å². The molecule has 0 saturated carbocycles. The van der Waals surface area contributed by atoms with E-state index in [0.29, 0.717) is 23.5 Å². The average Bonchev–Trinajstić information content (AvgIpc) is 3.02. The van der Waals surface area contributed by atoms with Crippen molar-refractivity contribution in [2.45, 2.75) is 31.5 Å². The summed E-state index contributed by atoms with van der Waals surface area (Å²) in [6, 6.07) is 0. The minimum absolute atomic E-state index is 0.0527. The molecule has 120 valence electrons. The van der Waals surface area contributed by atoms with E-state index < -0.39 is 31.1 Å². The van der Waals surface area contributed by atoms with Gasteiger partial charge in [-0.1, -0.05) is 0 Å². The molecule has 1 aliphatic heterocycles. The number of fused-ring (bicyclic) bond motifs is 1. The molecule has 3 rings (SSSR count). The van der Waals surface area contributed by atoms with E-state index >= 15 is 0 Å². The summed E-state index contributed by atoms with van der Waals surface area (Å²) < 4.78 is 6.95. The lowest BCUT2D eigenvalue weighted by Gasteiger charge is -2.16. The highest BCUT2D eigenvalue weighted by Crippen LogP contribution is 2.32. The third-order valence-electron chi connectivity index (χ3n) is 3.57. The Hall–Kier alpha value is -2.01. The first-order chi connectivity index (χ1) is 10.6. The van der Waals surface area contributed by atoms with Crippen molar-refractivity contribution in [2.24, 2.45) is 0 Å². The molecule has 2 aromatic rings. The summed E-state index contributed by atoms with van der Waals surface area (Å²) in [5.74, 6) is 0.535. The second kappa shape index (κ2) is 5.65. The maximum absolute atomic E-state index is 10.1. The van der Waals surface area contributed by atoms with Gasteiger partial charge in [-0.25, -0.2) is 4.98 Å². The molecule has 4 atom stereocenters. The van der Waals surface area contributed by atoms with Crippen LogP contribution in [0.3, 0.4) is 0 Å². The van der Waals surface area contributed by atoms with Gasteiger partial charge in [0.1, 0.15) is 18.3 Å². The highest BCUT2D eigenvalue weighted by atomic mass is 16.6. The number of anilines is 2. The van der Waals surface area contributed by atoms with Crippen molar-refractivity contribution in [3.8, 4) is 0 Å². The third kappa shape index (κ3) is 2.25. The predicted molar refractivity (Wildman–Crippen MR) is 76.9 cm³/mol. The number of nitrogen functional groups attached to an aromatic ring is 1. The summed E-state index contributed by atoms with van der Waals surface area (Å²) >= 11 is 0. The standard InChI is InChI=1S/C12H18N6O4/c1-2-14-9-6-10(17-12(13)16-9)18(4-15-6)11-8(21)7(20)5(3-19)22-11/h4-5,7-8,11,19-21H,2-3H2,1H3,(H3,13,14,16,17)/t5-,7-,8-,11?/m1/s1. The van der Waals surface area contributed by atoms with Crippen molar-refractivity contribution in [2.75, 3.05) is 24.2 Å². The van der Waals surface area contributed by atoms with Crippen LogP contribution in [0.15, 0.2) is 6.33 Å². The summed E-state index contributed by atoms with van der Waals surface area (Å²) in [6.45, 7) is 2.14. The van der Waals surface area contributed by atoms with E-state index in [-0.39, 0.29) is 5.95 Å². The van der Waals surface area contributed by atoms with Gasteiger partial charge in [-0.2, -0.15) is 9.97 Å². The second-order valence-electron chi connectivity index (χ2n) is 5.01. The minimum Gasteiger partial charge on any atom is -0.394 e. The van der Waals surface area contributed by atoms with E-state index in [2.05, 4.69) is 20.3 Å². The average molecular weight is 310 g/mol. The molecule has 10 nitrogen and oxygen atoms in total. The van der Waals surface area contributed by atoms with Gasteiger partial charge in [0.05, 0.1) is 12.9 Å². The molecular formula is C12H18N6O4. The summed E-state index contributed by atoms with van der Waals surface area (Å²) in [5.41, 5.74) is 6.55. The maximum Gasteiger partial charge on any atom is 0.224 e. The van der Waals surface area contributed by atoms with Crippen LogP contribution in [0.2, 0.25) is 0 Å². The van der Waals surface area contributed by atoms with Gasteiger partial charge in [0.15, 0.2) is 23.2 Å². The molecule has 0 spiro atoms. The second-order valence-corrected chi connectivity index (χ2v) is 5.01. The van der Waals surface area contributed by atoms with Crippen LogP contribution in [0.25, 0.3) is 11.2 Å². The number of ether oxygens (including phenoxy) is 1. The smallest absolute Gasteiger partial charge is 0.224 e. The van der Waals surface area contributed by atoms with Crippen molar-refractivity contribution >= 4 is 22.9 Å². The van der Waals surface area contributed by atoms with Gasteiger partial charge in [0.2, 0.25) is 5.95 Å². The molecule has 0 amide bonds. The number of hydrogen-bond acceptors (Lipinski definition) is 9. The number of aliphatic hydroxyl groups excluding tert-OH is 3. The van der Waals surface area contributed by atoms with E-state index in [4.69, 9.17) is 15.6 Å². The van der Waals surface area contributed by atoms with Crippen molar-refractivity contribution in [1.29, 1.82) is 0 Å². The fourth-order valence-electron chi connectivity index (χ4n) is 2.52. The number of nitrogens with two attached hydrogens (primary N) is 1. The molecule has 1 fully saturated rings. The molecular weight excluding hydrogens is 292 g/mol. The number of imidazole rings is 1. The van der Waals surface area contributed by atoms with Gasteiger partial charge in [0, 0.05) is 6.54 Å². The number of aliphatic hydroxyl groups is 3. The normalized spacial score (nSPS) is 28.4. The van der Waals surface area contributed by atoms with Crippen LogP contribution in [0.5, 0.6) is 0 Å². The molecule has 1 aliphatic rings. The maximum atomic E-state index is 10.1. The van der Waals surface area contributed by atoms with Crippen LogP contribution in [0.4, 0.5) is 11.8 Å². The largest absolute Gasteiger partial charge is 0.394 e. The Morgan fingerprint density at radius 1 is 1.36 bits per heavy atom. The van der Waals surface area contributed by atoms with Gasteiger partial charge < -0.3 is 31.1 Å². The molecule has 6 N–H and O–H groups in total. The van der Waals surface area contributed by atoms with Crippen LogP contribution >= 0.6 is 0 Å². The van der Waals surface area contributed by atoms with E-state index in [9.17, 15) is 10.2 Å². The Labute approximate surface area is 125 Å². The van der Waals surface area contributed by atoms with Crippen molar-refractivity contribution in [1.82, 2.24) is 19.5 Å². The Balaban J connectivity index is 2.05.